The highest BCUT2D eigenvalue weighted by Gasteiger charge is 1.88. The van der Waals surface area contributed by atoms with Crippen molar-refractivity contribution in [2.45, 2.75) is 33.6 Å². The Hall–Kier alpha value is -0.560. The molecule has 0 radical (unpaired) electrons. The molecule has 0 rings (SSSR count). The lowest BCUT2D eigenvalue weighted by Gasteiger charge is -2.00. The van der Waals surface area contributed by atoms with Crippen LogP contribution in [0.5, 0.6) is 0 Å². The summed E-state index contributed by atoms with van der Waals surface area (Å²) in [5.41, 5.74) is 2.91. The van der Waals surface area contributed by atoms with E-state index in [4.69, 9.17) is 0 Å². The Labute approximate surface area is 76.6 Å². The lowest BCUT2D eigenvalue weighted by atomic mass is 10.1. The smallest absolute Gasteiger partial charge is 0.0158 e. The maximum atomic E-state index is 3.14. The van der Waals surface area contributed by atoms with Crippen LogP contribution in [-0.2, 0) is 0 Å². The van der Waals surface area contributed by atoms with Gasteiger partial charge < -0.3 is 5.32 Å². The normalized spacial score (nSPS) is 13.7. The molecule has 70 valence electrons. The van der Waals surface area contributed by atoms with Crippen molar-refractivity contribution in [3.8, 4) is 0 Å². The number of hydrogen-bond acceptors (Lipinski definition) is 1. The third-order valence-corrected chi connectivity index (χ3v) is 1.98. The lowest BCUT2D eigenvalue weighted by Crippen LogP contribution is -2.08. The molecular formula is C11H21N. The molecule has 0 aliphatic carbocycles. The maximum absolute atomic E-state index is 3.14. The molecule has 0 aromatic heterocycles. The zero-order valence-electron chi connectivity index (χ0n) is 8.78. The van der Waals surface area contributed by atoms with Crippen LogP contribution in [-0.4, -0.2) is 13.6 Å². The fourth-order valence-corrected chi connectivity index (χ4v) is 1.04. The molecule has 1 nitrogen and oxygen atoms in total. The zero-order chi connectivity index (χ0) is 9.40. The SMILES string of the molecule is C/C=C(\C)CC/C=C(\C)CNC. The topological polar surface area (TPSA) is 12.0 Å². The summed E-state index contributed by atoms with van der Waals surface area (Å²) in [5, 5.41) is 3.14. The molecule has 0 aromatic carbocycles. The van der Waals surface area contributed by atoms with Crippen molar-refractivity contribution < 1.29 is 0 Å². The second kappa shape index (κ2) is 7.11. The van der Waals surface area contributed by atoms with Crippen LogP contribution in [0.1, 0.15) is 33.6 Å². The second-order valence-corrected chi connectivity index (χ2v) is 3.25. The molecule has 0 aliphatic rings. The van der Waals surface area contributed by atoms with E-state index in [2.05, 4.69) is 38.2 Å². The monoisotopic (exact) mass is 167 g/mol. The van der Waals surface area contributed by atoms with Gasteiger partial charge in [-0.05, 0) is 40.7 Å². The molecule has 1 heteroatoms. The van der Waals surface area contributed by atoms with Crippen LogP contribution in [0.3, 0.4) is 0 Å². The summed E-state index contributed by atoms with van der Waals surface area (Å²) in [4.78, 5) is 0. The highest BCUT2D eigenvalue weighted by atomic mass is 14.8. The van der Waals surface area contributed by atoms with E-state index in [1.807, 2.05) is 7.05 Å². The van der Waals surface area contributed by atoms with E-state index in [1.54, 1.807) is 0 Å². The molecule has 0 bridgehead atoms. The van der Waals surface area contributed by atoms with Gasteiger partial charge in [0.15, 0.2) is 0 Å². The molecule has 0 atom stereocenters. The maximum Gasteiger partial charge on any atom is 0.0158 e. The second-order valence-electron chi connectivity index (χ2n) is 3.25. The van der Waals surface area contributed by atoms with Crippen molar-refractivity contribution in [3.63, 3.8) is 0 Å². The van der Waals surface area contributed by atoms with Crippen molar-refractivity contribution in [1.29, 1.82) is 0 Å². The minimum Gasteiger partial charge on any atom is -0.316 e. The van der Waals surface area contributed by atoms with Crippen molar-refractivity contribution in [3.05, 3.63) is 23.3 Å². The molecule has 0 spiro atoms. The zero-order valence-corrected chi connectivity index (χ0v) is 8.78. The fraction of sp³-hybridized carbons (Fsp3) is 0.636. The average Bonchev–Trinajstić information content (AvgIpc) is 2.04. The van der Waals surface area contributed by atoms with E-state index in [1.165, 1.54) is 24.0 Å². The Morgan fingerprint density at radius 2 is 1.92 bits per heavy atom. The summed E-state index contributed by atoms with van der Waals surface area (Å²) in [6, 6.07) is 0. The van der Waals surface area contributed by atoms with Crippen LogP contribution < -0.4 is 5.32 Å². The molecule has 12 heavy (non-hydrogen) atoms. The first-order valence-electron chi connectivity index (χ1n) is 4.62. The van der Waals surface area contributed by atoms with Gasteiger partial charge in [-0.1, -0.05) is 23.3 Å². The van der Waals surface area contributed by atoms with Crippen LogP contribution in [0.25, 0.3) is 0 Å². The van der Waals surface area contributed by atoms with Gasteiger partial charge in [0.2, 0.25) is 0 Å². The van der Waals surface area contributed by atoms with E-state index in [9.17, 15) is 0 Å². The van der Waals surface area contributed by atoms with E-state index in [0.29, 0.717) is 0 Å². The Bertz CT molecular complexity index is 166. The summed E-state index contributed by atoms with van der Waals surface area (Å²) in [5.74, 6) is 0. The predicted octanol–water partition coefficient (Wildman–Crippen LogP) is 2.90. The number of hydrogen-bond donors (Lipinski definition) is 1. The molecule has 0 amide bonds. The van der Waals surface area contributed by atoms with Crippen LogP contribution in [0, 0.1) is 0 Å². The van der Waals surface area contributed by atoms with Crippen LogP contribution in [0.2, 0.25) is 0 Å². The number of allylic oxidation sites excluding steroid dienone is 3. The van der Waals surface area contributed by atoms with Crippen molar-refractivity contribution in [1.82, 2.24) is 5.32 Å². The standard InChI is InChI=1S/C11H21N/c1-5-10(2)7-6-8-11(3)9-12-4/h5,8,12H,6-7,9H2,1-4H3/b10-5+,11-8+. The van der Waals surface area contributed by atoms with Gasteiger partial charge in [-0.15, -0.1) is 0 Å². The molecule has 1 N–H and O–H groups in total. The van der Waals surface area contributed by atoms with E-state index in [0.717, 1.165) is 6.54 Å². The molecule has 0 saturated carbocycles. The fourth-order valence-electron chi connectivity index (χ4n) is 1.04. The largest absolute Gasteiger partial charge is 0.316 e. The van der Waals surface area contributed by atoms with Gasteiger partial charge in [0, 0.05) is 6.54 Å². The Morgan fingerprint density at radius 1 is 1.25 bits per heavy atom. The molecule has 0 aliphatic heterocycles. The molecule has 0 fully saturated rings. The third kappa shape index (κ3) is 6.17. The summed E-state index contributed by atoms with van der Waals surface area (Å²) in [7, 11) is 1.98. The minimum absolute atomic E-state index is 1.01. The van der Waals surface area contributed by atoms with Gasteiger partial charge in [-0.25, -0.2) is 0 Å². The van der Waals surface area contributed by atoms with E-state index in [-0.39, 0.29) is 0 Å². The highest BCUT2D eigenvalue weighted by molar-refractivity contribution is 5.03. The minimum atomic E-state index is 1.01. The first kappa shape index (κ1) is 11.4. The van der Waals surface area contributed by atoms with Gasteiger partial charge in [0.25, 0.3) is 0 Å². The van der Waals surface area contributed by atoms with E-state index < -0.39 is 0 Å². The summed E-state index contributed by atoms with van der Waals surface area (Å²) < 4.78 is 0. The van der Waals surface area contributed by atoms with Crippen LogP contribution in [0.4, 0.5) is 0 Å². The summed E-state index contributed by atoms with van der Waals surface area (Å²) >= 11 is 0. The average molecular weight is 167 g/mol. The molecule has 0 aromatic rings. The van der Waals surface area contributed by atoms with Crippen LogP contribution in [0.15, 0.2) is 23.3 Å². The molecule has 0 heterocycles. The Morgan fingerprint density at radius 3 is 2.42 bits per heavy atom. The number of nitrogens with one attached hydrogen (secondary N) is 1. The number of likely N-dealkylation sites (N-methyl/N-ethyl adjacent to an activating group) is 1. The molecule has 0 unspecified atom stereocenters. The van der Waals surface area contributed by atoms with Gasteiger partial charge >= 0.3 is 0 Å². The Balaban J connectivity index is 3.59. The quantitative estimate of drug-likeness (QED) is 0.621. The van der Waals surface area contributed by atoms with Crippen LogP contribution >= 0.6 is 0 Å². The first-order valence-corrected chi connectivity index (χ1v) is 4.62. The number of rotatable bonds is 5. The summed E-state index contributed by atoms with van der Waals surface area (Å²) in [6.45, 7) is 7.46. The lowest BCUT2D eigenvalue weighted by molar-refractivity contribution is 0.864. The van der Waals surface area contributed by atoms with Gasteiger partial charge in [0.1, 0.15) is 0 Å². The van der Waals surface area contributed by atoms with E-state index >= 15 is 0 Å². The summed E-state index contributed by atoms with van der Waals surface area (Å²) in [6.07, 6.45) is 6.85. The predicted molar refractivity (Wildman–Crippen MR) is 56.3 cm³/mol. The first-order chi connectivity index (χ1) is 5.70. The molecule has 0 saturated heterocycles. The van der Waals surface area contributed by atoms with Crippen molar-refractivity contribution >= 4 is 0 Å². The highest BCUT2D eigenvalue weighted by Crippen LogP contribution is 2.05. The van der Waals surface area contributed by atoms with Gasteiger partial charge in [0.05, 0.1) is 0 Å². The van der Waals surface area contributed by atoms with Crippen molar-refractivity contribution in [2.24, 2.45) is 0 Å². The van der Waals surface area contributed by atoms with Gasteiger partial charge in [-0.3, -0.25) is 0 Å². The molecular weight excluding hydrogens is 146 g/mol. The van der Waals surface area contributed by atoms with Gasteiger partial charge in [-0.2, -0.15) is 0 Å². The third-order valence-electron chi connectivity index (χ3n) is 1.98. The van der Waals surface area contributed by atoms with Crippen molar-refractivity contribution in [2.75, 3.05) is 13.6 Å². The Kier molecular flexibility index (Phi) is 6.78.